The first-order valence-corrected chi connectivity index (χ1v) is 6.37. The number of aromatic nitrogens is 3. The first kappa shape index (κ1) is 12.5. The Kier molecular flexibility index (Phi) is 2.81. The highest BCUT2D eigenvalue weighted by Gasteiger charge is 2.48. The molecule has 3 heterocycles. The van der Waals surface area contributed by atoms with E-state index in [0.29, 0.717) is 12.1 Å². The van der Waals surface area contributed by atoms with Gasteiger partial charge in [-0.1, -0.05) is 6.92 Å². The third-order valence-electron chi connectivity index (χ3n) is 3.85. The summed E-state index contributed by atoms with van der Waals surface area (Å²) in [6.07, 6.45) is 1.73. The SMILES string of the molecule is Cc1ncnn2c(C3(O)OC(CO)CC3C)ccc12. The third kappa shape index (κ3) is 1.75. The van der Waals surface area contributed by atoms with Gasteiger partial charge in [-0.3, -0.25) is 0 Å². The summed E-state index contributed by atoms with van der Waals surface area (Å²) >= 11 is 0. The van der Waals surface area contributed by atoms with Crippen molar-refractivity contribution in [3.05, 3.63) is 29.8 Å². The maximum atomic E-state index is 10.8. The molecule has 1 fully saturated rings. The van der Waals surface area contributed by atoms with Crippen LogP contribution in [0.25, 0.3) is 5.52 Å². The van der Waals surface area contributed by atoms with E-state index < -0.39 is 5.79 Å². The Labute approximate surface area is 110 Å². The van der Waals surface area contributed by atoms with E-state index in [4.69, 9.17) is 4.74 Å². The normalized spacial score (nSPS) is 31.2. The number of aliphatic hydroxyl groups is 2. The molecule has 6 nitrogen and oxygen atoms in total. The monoisotopic (exact) mass is 263 g/mol. The van der Waals surface area contributed by atoms with Gasteiger partial charge in [0.2, 0.25) is 5.79 Å². The van der Waals surface area contributed by atoms with Crippen molar-refractivity contribution in [1.82, 2.24) is 14.6 Å². The highest BCUT2D eigenvalue weighted by Crippen LogP contribution is 2.41. The minimum absolute atomic E-state index is 0.0933. The fourth-order valence-corrected chi connectivity index (χ4v) is 2.73. The Hall–Kier alpha value is -1.50. The number of ether oxygens (including phenoxy) is 1. The number of aliphatic hydroxyl groups excluding tert-OH is 1. The number of fused-ring (bicyclic) bond motifs is 1. The molecular weight excluding hydrogens is 246 g/mol. The van der Waals surface area contributed by atoms with Gasteiger partial charge in [-0.25, -0.2) is 9.50 Å². The molecular formula is C13H17N3O3. The van der Waals surface area contributed by atoms with E-state index >= 15 is 0 Å². The Morgan fingerprint density at radius 1 is 1.53 bits per heavy atom. The largest absolute Gasteiger partial charge is 0.394 e. The van der Waals surface area contributed by atoms with Crippen LogP contribution in [0, 0.1) is 12.8 Å². The molecule has 0 spiro atoms. The molecule has 1 aliphatic rings. The van der Waals surface area contributed by atoms with Gasteiger partial charge in [-0.2, -0.15) is 5.10 Å². The predicted molar refractivity (Wildman–Crippen MR) is 67.4 cm³/mol. The molecule has 0 saturated carbocycles. The van der Waals surface area contributed by atoms with E-state index in [1.807, 2.05) is 19.9 Å². The zero-order valence-electron chi connectivity index (χ0n) is 10.9. The van der Waals surface area contributed by atoms with Crippen molar-refractivity contribution in [3.63, 3.8) is 0 Å². The lowest BCUT2D eigenvalue weighted by Gasteiger charge is -2.26. The lowest BCUT2D eigenvalue weighted by molar-refractivity contribution is -0.226. The van der Waals surface area contributed by atoms with Crippen molar-refractivity contribution >= 4 is 5.52 Å². The summed E-state index contributed by atoms with van der Waals surface area (Å²) < 4.78 is 7.28. The average molecular weight is 263 g/mol. The fourth-order valence-electron chi connectivity index (χ4n) is 2.73. The number of nitrogens with zero attached hydrogens (tertiary/aromatic N) is 3. The van der Waals surface area contributed by atoms with Crippen LogP contribution >= 0.6 is 0 Å². The highest BCUT2D eigenvalue weighted by atomic mass is 16.6. The summed E-state index contributed by atoms with van der Waals surface area (Å²) in [5.41, 5.74) is 2.26. The standard InChI is InChI=1S/C13H17N3O3/c1-8-5-10(6-17)19-13(8,18)12-4-3-11-9(2)14-7-15-16(11)12/h3-4,7-8,10,17-18H,5-6H2,1-2H3. The molecule has 0 aliphatic carbocycles. The van der Waals surface area contributed by atoms with Gasteiger partial charge in [0.15, 0.2) is 0 Å². The van der Waals surface area contributed by atoms with E-state index in [2.05, 4.69) is 10.1 Å². The molecule has 6 heteroatoms. The molecule has 102 valence electrons. The summed E-state index contributed by atoms with van der Waals surface area (Å²) in [5.74, 6) is -1.53. The lowest BCUT2D eigenvalue weighted by Crippen LogP contribution is -2.33. The Morgan fingerprint density at radius 3 is 3.00 bits per heavy atom. The quantitative estimate of drug-likeness (QED) is 0.829. The van der Waals surface area contributed by atoms with E-state index in [1.165, 1.54) is 6.33 Å². The van der Waals surface area contributed by atoms with Gasteiger partial charge in [-0.15, -0.1) is 0 Å². The van der Waals surface area contributed by atoms with E-state index in [-0.39, 0.29) is 18.6 Å². The predicted octanol–water partition coefficient (Wildman–Crippen LogP) is 0.600. The van der Waals surface area contributed by atoms with E-state index in [1.54, 1.807) is 10.6 Å². The minimum Gasteiger partial charge on any atom is -0.394 e. The first-order chi connectivity index (χ1) is 9.06. The van der Waals surface area contributed by atoms with Crippen molar-refractivity contribution in [2.45, 2.75) is 32.2 Å². The second-order valence-corrected chi connectivity index (χ2v) is 5.12. The van der Waals surface area contributed by atoms with Gasteiger partial charge in [0, 0.05) is 5.92 Å². The van der Waals surface area contributed by atoms with Crippen LogP contribution in [0.1, 0.15) is 24.7 Å². The molecule has 3 atom stereocenters. The van der Waals surface area contributed by atoms with Gasteiger partial charge in [0.25, 0.3) is 0 Å². The van der Waals surface area contributed by atoms with Crippen LogP contribution in [0.5, 0.6) is 0 Å². The average Bonchev–Trinajstić information content (AvgIpc) is 2.94. The van der Waals surface area contributed by atoms with E-state index in [9.17, 15) is 10.2 Å². The fraction of sp³-hybridized carbons (Fsp3) is 0.538. The van der Waals surface area contributed by atoms with Crippen molar-refractivity contribution in [3.8, 4) is 0 Å². The summed E-state index contributed by atoms with van der Waals surface area (Å²) in [7, 11) is 0. The molecule has 2 aromatic rings. The molecule has 19 heavy (non-hydrogen) atoms. The van der Waals surface area contributed by atoms with Crippen LogP contribution in [0.2, 0.25) is 0 Å². The van der Waals surface area contributed by atoms with Gasteiger partial charge in [0.1, 0.15) is 12.0 Å². The molecule has 0 bridgehead atoms. The maximum Gasteiger partial charge on any atom is 0.212 e. The molecule has 1 saturated heterocycles. The Morgan fingerprint density at radius 2 is 2.32 bits per heavy atom. The second kappa shape index (κ2) is 4.26. The van der Waals surface area contributed by atoms with E-state index in [0.717, 1.165) is 11.2 Å². The van der Waals surface area contributed by atoms with Crippen molar-refractivity contribution in [2.75, 3.05) is 6.61 Å². The topological polar surface area (TPSA) is 79.9 Å². The summed E-state index contributed by atoms with van der Waals surface area (Å²) in [6.45, 7) is 3.70. The second-order valence-electron chi connectivity index (χ2n) is 5.12. The lowest BCUT2D eigenvalue weighted by atomic mass is 9.96. The Balaban J connectivity index is 2.12. The van der Waals surface area contributed by atoms with Crippen LogP contribution < -0.4 is 0 Å². The number of hydrogen-bond acceptors (Lipinski definition) is 5. The number of hydrogen-bond donors (Lipinski definition) is 2. The zero-order chi connectivity index (χ0) is 13.6. The third-order valence-corrected chi connectivity index (χ3v) is 3.85. The molecule has 2 aromatic heterocycles. The summed E-state index contributed by atoms with van der Waals surface area (Å²) in [6, 6.07) is 3.66. The molecule has 3 unspecified atom stereocenters. The minimum atomic E-state index is -1.42. The number of rotatable bonds is 2. The van der Waals surface area contributed by atoms with Crippen molar-refractivity contribution in [2.24, 2.45) is 5.92 Å². The van der Waals surface area contributed by atoms with Crippen LogP contribution in [0.3, 0.4) is 0 Å². The van der Waals surface area contributed by atoms with Crippen LogP contribution in [0.4, 0.5) is 0 Å². The molecule has 0 amide bonds. The molecule has 0 radical (unpaired) electrons. The maximum absolute atomic E-state index is 10.8. The highest BCUT2D eigenvalue weighted by molar-refractivity contribution is 5.52. The van der Waals surface area contributed by atoms with Gasteiger partial charge < -0.3 is 14.9 Å². The van der Waals surface area contributed by atoms with Gasteiger partial charge in [-0.05, 0) is 25.5 Å². The van der Waals surface area contributed by atoms with Crippen molar-refractivity contribution < 1.29 is 14.9 Å². The Bertz CT molecular complexity index is 612. The molecule has 2 N–H and O–H groups in total. The van der Waals surface area contributed by atoms with Crippen LogP contribution in [-0.4, -0.2) is 37.5 Å². The smallest absolute Gasteiger partial charge is 0.212 e. The van der Waals surface area contributed by atoms with Crippen LogP contribution in [0.15, 0.2) is 18.5 Å². The summed E-state index contributed by atoms with van der Waals surface area (Å²) in [5, 5.41) is 24.2. The summed E-state index contributed by atoms with van der Waals surface area (Å²) in [4.78, 5) is 4.13. The molecule has 0 aromatic carbocycles. The molecule has 3 rings (SSSR count). The van der Waals surface area contributed by atoms with Gasteiger partial charge >= 0.3 is 0 Å². The zero-order valence-corrected chi connectivity index (χ0v) is 10.9. The van der Waals surface area contributed by atoms with Crippen LogP contribution in [-0.2, 0) is 10.5 Å². The number of aryl methyl sites for hydroxylation is 1. The van der Waals surface area contributed by atoms with Gasteiger partial charge in [0.05, 0.1) is 23.9 Å². The molecule has 1 aliphatic heterocycles. The first-order valence-electron chi connectivity index (χ1n) is 6.37. The van der Waals surface area contributed by atoms with Crippen molar-refractivity contribution in [1.29, 1.82) is 0 Å².